The van der Waals surface area contributed by atoms with Gasteiger partial charge in [-0.05, 0) is 6.07 Å². The molecule has 0 aromatic carbocycles. The molecule has 0 bridgehead atoms. The summed E-state index contributed by atoms with van der Waals surface area (Å²) in [6.07, 6.45) is 1.70. The van der Waals surface area contributed by atoms with Gasteiger partial charge in [0, 0.05) is 25.3 Å². The molecule has 0 spiro atoms. The van der Waals surface area contributed by atoms with Crippen molar-refractivity contribution in [1.29, 1.82) is 0 Å². The second-order valence-corrected chi connectivity index (χ2v) is 3.34. The Morgan fingerprint density at radius 1 is 1.54 bits per heavy atom. The van der Waals surface area contributed by atoms with Crippen molar-refractivity contribution < 1.29 is 9.15 Å². The van der Waals surface area contributed by atoms with Gasteiger partial charge in [-0.2, -0.15) is 0 Å². The molecule has 0 atom stereocenters. The van der Waals surface area contributed by atoms with E-state index < -0.39 is 0 Å². The van der Waals surface area contributed by atoms with Gasteiger partial charge in [0.05, 0.1) is 6.26 Å². The summed E-state index contributed by atoms with van der Waals surface area (Å²) in [5.74, 6) is 0.913. The highest BCUT2D eigenvalue weighted by atomic mass is 16.5. The van der Waals surface area contributed by atoms with Crippen molar-refractivity contribution in [3.63, 3.8) is 0 Å². The normalized spacial score (nSPS) is 11.1. The molecule has 0 amide bonds. The van der Waals surface area contributed by atoms with Gasteiger partial charge < -0.3 is 14.5 Å². The van der Waals surface area contributed by atoms with E-state index in [-0.39, 0.29) is 0 Å². The zero-order valence-electron chi connectivity index (χ0n) is 8.46. The zero-order valence-corrected chi connectivity index (χ0v) is 8.46. The van der Waals surface area contributed by atoms with Crippen LogP contribution in [0.25, 0.3) is 0 Å². The third-order valence-corrected chi connectivity index (χ3v) is 1.81. The van der Waals surface area contributed by atoms with Crippen LogP contribution in [0.2, 0.25) is 0 Å². The fourth-order valence-corrected chi connectivity index (χ4v) is 1.10. The fraction of sp³-hybridized carbons (Fsp3) is 0.600. The molecular weight excluding hydrogens is 166 g/mol. The van der Waals surface area contributed by atoms with E-state index in [1.165, 1.54) is 5.56 Å². The molecule has 0 radical (unpaired) electrons. The average Bonchev–Trinajstić information content (AvgIpc) is 2.49. The molecule has 3 nitrogen and oxygen atoms in total. The van der Waals surface area contributed by atoms with Crippen molar-refractivity contribution in [2.45, 2.75) is 33.0 Å². The first-order valence-electron chi connectivity index (χ1n) is 4.51. The Bertz CT molecular complexity index is 243. The summed E-state index contributed by atoms with van der Waals surface area (Å²) in [5, 5.41) is 3.33. The Morgan fingerprint density at radius 2 is 2.31 bits per heavy atom. The number of hydrogen-bond donors (Lipinski definition) is 1. The molecule has 1 aromatic rings. The third-order valence-electron chi connectivity index (χ3n) is 1.81. The van der Waals surface area contributed by atoms with Crippen molar-refractivity contribution in [3.8, 4) is 0 Å². The van der Waals surface area contributed by atoms with Gasteiger partial charge in [-0.3, -0.25) is 0 Å². The second-order valence-electron chi connectivity index (χ2n) is 3.34. The highest BCUT2D eigenvalue weighted by Gasteiger charge is 2.05. The lowest BCUT2D eigenvalue weighted by Crippen LogP contribution is -2.22. The molecular formula is C10H17NO2. The van der Waals surface area contributed by atoms with Crippen molar-refractivity contribution in [1.82, 2.24) is 5.32 Å². The van der Waals surface area contributed by atoms with E-state index in [1.807, 2.05) is 6.07 Å². The van der Waals surface area contributed by atoms with Crippen LogP contribution >= 0.6 is 0 Å². The van der Waals surface area contributed by atoms with Gasteiger partial charge in [0.25, 0.3) is 0 Å². The van der Waals surface area contributed by atoms with Crippen molar-refractivity contribution >= 4 is 0 Å². The van der Waals surface area contributed by atoms with E-state index in [0.29, 0.717) is 12.6 Å². The first-order valence-corrected chi connectivity index (χ1v) is 4.51. The molecule has 0 aliphatic rings. The van der Waals surface area contributed by atoms with E-state index >= 15 is 0 Å². The lowest BCUT2D eigenvalue weighted by atomic mass is 10.2. The Morgan fingerprint density at radius 3 is 2.92 bits per heavy atom. The number of methoxy groups -OCH3 is 1. The molecule has 0 saturated heterocycles. The molecule has 0 unspecified atom stereocenters. The molecule has 0 aliphatic heterocycles. The predicted molar refractivity (Wildman–Crippen MR) is 51.4 cm³/mol. The quantitative estimate of drug-likeness (QED) is 0.757. The number of rotatable bonds is 5. The maximum atomic E-state index is 5.27. The largest absolute Gasteiger partial charge is 0.467 e. The summed E-state index contributed by atoms with van der Waals surface area (Å²) in [5.41, 5.74) is 1.18. The topological polar surface area (TPSA) is 34.4 Å². The molecule has 3 heteroatoms. The highest BCUT2D eigenvalue weighted by Crippen LogP contribution is 2.11. The third kappa shape index (κ3) is 3.20. The van der Waals surface area contributed by atoms with E-state index in [1.54, 1.807) is 13.4 Å². The van der Waals surface area contributed by atoms with Crippen LogP contribution in [0.1, 0.15) is 25.2 Å². The van der Waals surface area contributed by atoms with Gasteiger partial charge >= 0.3 is 0 Å². The van der Waals surface area contributed by atoms with Crippen LogP contribution < -0.4 is 5.32 Å². The molecule has 1 aromatic heterocycles. The van der Waals surface area contributed by atoms with Gasteiger partial charge in [-0.1, -0.05) is 13.8 Å². The van der Waals surface area contributed by atoms with Gasteiger partial charge in [0.2, 0.25) is 0 Å². The smallest absolute Gasteiger partial charge is 0.133 e. The summed E-state index contributed by atoms with van der Waals surface area (Å²) < 4.78 is 10.3. The standard InChI is InChI=1S/C10H17NO2/c1-8(2)11-6-9-4-5-13-10(9)7-12-3/h4-5,8,11H,6-7H2,1-3H3. The lowest BCUT2D eigenvalue weighted by Gasteiger charge is -2.07. The average molecular weight is 183 g/mol. The summed E-state index contributed by atoms with van der Waals surface area (Å²) in [6.45, 7) is 5.63. The Hall–Kier alpha value is -0.800. The minimum Gasteiger partial charge on any atom is -0.467 e. The molecule has 74 valence electrons. The first-order chi connectivity index (χ1) is 6.24. The number of hydrogen-bond acceptors (Lipinski definition) is 3. The van der Waals surface area contributed by atoms with Crippen LogP contribution in [0.5, 0.6) is 0 Å². The van der Waals surface area contributed by atoms with Crippen LogP contribution in [0.15, 0.2) is 16.7 Å². The maximum Gasteiger partial charge on any atom is 0.133 e. The second kappa shape index (κ2) is 5.04. The number of ether oxygens (including phenoxy) is 1. The van der Waals surface area contributed by atoms with Crippen LogP contribution in [0, 0.1) is 0 Å². The van der Waals surface area contributed by atoms with E-state index in [0.717, 1.165) is 12.3 Å². The molecule has 0 fully saturated rings. The van der Waals surface area contributed by atoms with Gasteiger partial charge in [-0.15, -0.1) is 0 Å². The lowest BCUT2D eigenvalue weighted by molar-refractivity contribution is 0.163. The van der Waals surface area contributed by atoms with Crippen LogP contribution in [-0.4, -0.2) is 13.2 Å². The Balaban J connectivity index is 2.49. The molecule has 1 heterocycles. The molecule has 13 heavy (non-hydrogen) atoms. The maximum absolute atomic E-state index is 5.27. The highest BCUT2D eigenvalue weighted by molar-refractivity contribution is 5.16. The summed E-state index contributed by atoms with van der Waals surface area (Å²) in [7, 11) is 1.67. The van der Waals surface area contributed by atoms with Crippen LogP contribution in [0.3, 0.4) is 0 Å². The van der Waals surface area contributed by atoms with Gasteiger partial charge in [0.1, 0.15) is 12.4 Å². The monoisotopic (exact) mass is 183 g/mol. The Kier molecular flexibility index (Phi) is 3.99. The van der Waals surface area contributed by atoms with E-state index in [4.69, 9.17) is 9.15 Å². The minimum absolute atomic E-state index is 0.491. The first kappa shape index (κ1) is 10.3. The van der Waals surface area contributed by atoms with Gasteiger partial charge in [-0.25, -0.2) is 0 Å². The minimum atomic E-state index is 0.491. The van der Waals surface area contributed by atoms with E-state index in [2.05, 4.69) is 19.2 Å². The SMILES string of the molecule is COCc1occc1CNC(C)C. The van der Waals surface area contributed by atoms with Crippen LogP contribution in [-0.2, 0) is 17.9 Å². The molecule has 0 saturated carbocycles. The zero-order chi connectivity index (χ0) is 9.68. The van der Waals surface area contributed by atoms with Crippen LogP contribution in [0.4, 0.5) is 0 Å². The van der Waals surface area contributed by atoms with Crippen molar-refractivity contribution in [2.24, 2.45) is 0 Å². The number of furan rings is 1. The predicted octanol–water partition coefficient (Wildman–Crippen LogP) is 1.92. The summed E-state index contributed by atoms with van der Waals surface area (Å²) >= 11 is 0. The Labute approximate surface area is 79.1 Å². The molecule has 1 N–H and O–H groups in total. The van der Waals surface area contributed by atoms with Crippen molar-refractivity contribution in [2.75, 3.05) is 7.11 Å². The molecule has 1 rings (SSSR count). The fourth-order valence-electron chi connectivity index (χ4n) is 1.10. The number of nitrogens with one attached hydrogen (secondary N) is 1. The van der Waals surface area contributed by atoms with Gasteiger partial charge in [0.15, 0.2) is 0 Å². The molecule has 0 aliphatic carbocycles. The van der Waals surface area contributed by atoms with Crippen molar-refractivity contribution in [3.05, 3.63) is 23.7 Å². The summed E-state index contributed by atoms with van der Waals surface area (Å²) in [4.78, 5) is 0. The van der Waals surface area contributed by atoms with E-state index in [9.17, 15) is 0 Å². The summed E-state index contributed by atoms with van der Waals surface area (Å²) in [6, 6.07) is 2.47.